The molecule has 2 aliphatic rings. The van der Waals surface area contributed by atoms with Crippen LogP contribution < -0.4 is 31.5 Å². The molecule has 1 amide bonds. The number of anilines is 1. The number of alkyl halides is 2. The standard InChI is InChI=1S/C26H32F3N9O2.H2/c1-36-6-8-37(9-7-36)21-10-17(16-2-3-16)14-38-15-18(34-24(21)38)11-31-12-20(35-30)25(39)33-13-19-23(27)22(4-5-32-19)40-26(28)29;/h4-5,10,12,14-16,26,31,35H,2-3,6-9,11,13,30H2,1H3,(H,33,39);1H/b20-12-;. The number of hydrogen-bond donors (Lipinski definition) is 4. The Morgan fingerprint density at radius 3 is 2.73 bits per heavy atom. The van der Waals surface area contributed by atoms with E-state index in [1.165, 1.54) is 24.6 Å². The number of likely N-dealkylation sites (N-methyl/N-ethyl adjacent to an activating group) is 1. The SMILES string of the molecule is CN1CCN(c2cc(C3CC3)cn3cc(CN/C=C(\NN)C(=O)NCc4nccc(OC(F)F)c4F)nc23)CC1.[HH]. The Morgan fingerprint density at radius 1 is 1.25 bits per heavy atom. The van der Waals surface area contributed by atoms with Crippen molar-refractivity contribution in [1.82, 2.24) is 35.3 Å². The van der Waals surface area contributed by atoms with Crippen molar-refractivity contribution in [3.05, 3.63) is 65.4 Å². The molecule has 1 saturated carbocycles. The molecule has 1 aliphatic carbocycles. The molecular weight excluding hydrogens is 527 g/mol. The van der Waals surface area contributed by atoms with Crippen LogP contribution in [0.1, 0.15) is 37.1 Å². The third kappa shape index (κ3) is 6.39. The van der Waals surface area contributed by atoms with Gasteiger partial charge in [0.2, 0.25) is 0 Å². The summed E-state index contributed by atoms with van der Waals surface area (Å²) in [6.45, 7) is 0.634. The maximum Gasteiger partial charge on any atom is 0.387 e. The van der Waals surface area contributed by atoms with Crippen LogP contribution >= 0.6 is 0 Å². The highest BCUT2D eigenvalue weighted by Crippen LogP contribution is 2.42. The van der Waals surface area contributed by atoms with E-state index in [4.69, 9.17) is 10.8 Å². The highest BCUT2D eigenvalue weighted by Gasteiger charge is 2.27. The summed E-state index contributed by atoms with van der Waals surface area (Å²) in [5.74, 6) is 3.72. The number of amides is 1. The number of carbonyl (C=O) groups excluding carboxylic acids is 1. The molecule has 14 heteroatoms. The lowest BCUT2D eigenvalue weighted by Gasteiger charge is -2.34. The first-order valence-corrected chi connectivity index (χ1v) is 13.0. The fraction of sp³-hybridized carbons (Fsp3) is 0.423. The Bertz CT molecular complexity index is 1390. The van der Waals surface area contributed by atoms with Crippen molar-refractivity contribution in [3.63, 3.8) is 0 Å². The van der Waals surface area contributed by atoms with Crippen LogP contribution in [-0.2, 0) is 17.9 Å². The number of pyridine rings is 2. The second kappa shape index (κ2) is 12.0. The van der Waals surface area contributed by atoms with Gasteiger partial charge in [-0.05, 0) is 37.4 Å². The van der Waals surface area contributed by atoms with Crippen molar-refractivity contribution < 1.29 is 24.1 Å². The number of aromatic nitrogens is 3. The van der Waals surface area contributed by atoms with E-state index in [1.807, 2.05) is 6.20 Å². The predicted octanol–water partition coefficient (Wildman–Crippen LogP) is 2.06. The fourth-order valence-corrected chi connectivity index (χ4v) is 4.62. The third-order valence-corrected chi connectivity index (χ3v) is 6.98. The zero-order valence-corrected chi connectivity index (χ0v) is 22.0. The van der Waals surface area contributed by atoms with E-state index in [0.717, 1.165) is 55.5 Å². The molecule has 4 heterocycles. The van der Waals surface area contributed by atoms with Crippen molar-refractivity contribution in [3.8, 4) is 5.75 Å². The Morgan fingerprint density at radius 2 is 2.02 bits per heavy atom. The van der Waals surface area contributed by atoms with Crippen LogP contribution in [-0.4, -0.2) is 65.0 Å². The van der Waals surface area contributed by atoms with Gasteiger partial charge in [-0.15, -0.1) is 0 Å². The molecule has 5 rings (SSSR count). The number of ether oxygens (including phenoxy) is 1. The van der Waals surface area contributed by atoms with Crippen molar-refractivity contribution in [2.24, 2.45) is 5.84 Å². The minimum Gasteiger partial charge on any atom is -0.432 e. The van der Waals surface area contributed by atoms with Gasteiger partial charge in [0, 0.05) is 58.5 Å². The quantitative estimate of drug-likeness (QED) is 0.158. The highest BCUT2D eigenvalue weighted by molar-refractivity contribution is 5.92. The molecule has 0 radical (unpaired) electrons. The summed E-state index contributed by atoms with van der Waals surface area (Å²) in [5.41, 5.74) is 6.12. The molecule has 1 saturated heterocycles. The number of nitrogens with two attached hydrogens (primary N) is 1. The van der Waals surface area contributed by atoms with Gasteiger partial charge in [-0.25, -0.2) is 9.37 Å². The van der Waals surface area contributed by atoms with Crippen LogP contribution in [0.15, 0.2) is 42.6 Å². The van der Waals surface area contributed by atoms with Gasteiger partial charge >= 0.3 is 6.61 Å². The molecule has 11 nitrogen and oxygen atoms in total. The first kappa shape index (κ1) is 27.5. The lowest BCUT2D eigenvalue weighted by molar-refractivity contribution is -0.118. The molecule has 2 fully saturated rings. The molecule has 3 aromatic rings. The van der Waals surface area contributed by atoms with Gasteiger partial charge in [0.15, 0.2) is 17.2 Å². The zero-order valence-electron chi connectivity index (χ0n) is 22.0. The number of carbonyl (C=O) groups is 1. The molecule has 5 N–H and O–H groups in total. The normalized spacial score (nSPS) is 16.4. The number of imidazole rings is 1. The number of hydrazine groups is 1. The Balaban J connectivity index is 0.00000387. The van der Waals surface area contributed by atoms with E-state index in [1.54, 1.807) is 0 Å². The van der Waals surface area contributed by atoms with Crippen LogP contribution in [0.25, 0.3) is 5.65 Å². The maximum atomic E-state index is 14.3. The number of nitrogens with one attached hydrogen (secondary N) is 3. The summed E-state index contributed by atoms with van der Waals surface area (Å²) < 4.78 is 45.4. The average molecular weight is 562 g/mol. The summed E-state index contributed by atoms with van der Waals surface area (Å²) in [6.07, 6.45) is 9.02. The minimum absolute atomic E-state index is 0. The number of fused-ring (bicyclic) bond motifs is 1. The van der Waals surface area contributed by atoms with E-state index in [2.05, 4.69) is 59.3 Å². The number of nitrogens with zero attached hydrogens (tertiary/aromatic N) is 5. The second-order valence-corrected chi connectivity index (χ2v) is 9.90. The fourth-order valence-electron chi connectivity index (χ4n) is 4.62. The number of rotatable bonds is 11. The van der Waals surface area contributed by atoms with E-state index >= 15 is 0 Å². The van der Waals surface area contributed by atoms with Gasteiger partial charge in [0.1, 0.15) is 5.70 Å². The second-order valence-electron chi connectivity index (χ2n) is 9.90. The minimum atomic E-state index is -3.19. The monoisotopic (exact) mass is 561 g/mol. The molecule has 216 valence electrons. The highest BCUT2D eigenvalue weighted by atomic mass is 19.3. The third-order valence-electron chi connectivity index (χ3n) is 6.98. The molecule has 1 aliphatic heterocycles. The number of halogens is 3. The van der Waals surface area contributed by atoms with E-state index < -0.39 is 24.1 Å². The van der Waals surface area contributed by atoms with Crippen molar-refractivity contribution in [1.29, 1.82) is 0 Å². The molecule has 0 atom stereocenters. The molecule has 3 aromatic heterocycles. The van der Waals surface area contributed by atoms with Gasteiger partial charge in [-0.3, -0.25) is 15.6 Å². The average Bonchev–Trinajstić information content (AvgIpc) is 3.70. The van der Waals surface area contributed by atoms with Gasteiger partial charge in [0.05, 0.1) is 30.2 Å². The Kier molecular flexibility index (Phi) is 8.26. The predicted molar refractivity (Wildman–Crippen MR) is 144 cm³/mol. The van der Waals surface area contributed by atoms with Crippen molar-refractivity contribution in [2.75, 3.05) is 38.1 Å². The Hall–Kier alpha value is -4.04. The zero-order chi connectivity index (χ0) is 28.2. The summed E-state index contributed by atoms with van der Waals surface area (Å²) >= 11 is 0. The Labute approximate surface area is 230 Å². The lowest BCUT2D eigenvalue weighted by atomic mass is 10.1. The van der Waals surface area contributed by atoms with E-state index in [-0.39, 0.29) is 19.4 Å². The van der Waals surface area contributed by atoms with Gasteiger partial charge in [0.25, 0.3) is 5.91 Å². The first-order chi connectivity index (χ1) is 19.3. The van der Waals surface area contributed by atoms with Gasteiger partial charge in [-0.1, -0.05) is 0 Å². The van der Waals surface area contributed by atoms with Crippen LogP contribution in [0.3, 0.4) is 0 Å². The molecule has 0 aromatic carbocycles. The van der Waals surface area contributed by atoms with Crippen LogP contribution in [0.5, 0.6) is 5.75 Å². The van der Waals surface area contributed by atoms with E-state index in [9.17, 15) is 18.0 Å². The topological polar surface area (TPSA) is 125 Å². The van der Waals surface area contributed by atoms with Gasteiger partial charge in [-0.2, -0.15) is 8.78 Å². The maximum absolute atomic E-state index is 14.3. The van der Waals surface area contributed by atoms with E-state index in [0.29, 0.717) is 12.5 Å². The van der Waals surface area contributed by atoms with Crippen molar-refractivity contribution in [2.45, 2.75) is 38.5 Å². The lowest BCUT2D eigenvalue weighted by Crippen LogP contribution is -2.44. The molecular formula is C26H34F3N9O2. The van der Waals surface area contributed by atoms with Crippen LogP contribution in [0.4, 0.5) is 18.9 Å². The first-order valence-electron chi connectivity index (χ1n) is 13.0. The largest absolute Gasteiger partial charge is 0.432 e. The van der Waals surface area contributed by atoms with Gasteiger partial charge < -0.3 is 35.0 Å². The summed E-state index contributed by atoms with van der Waals surface area (Å²) in [5, 5.41) is 5.48. The smallest absolute Gasteiger partial charge is 0.387 e. The molecule has 0 spiro atoms. The molecule has 0 unspecified atom stereocenters. The summed E-state index contributed by atoms with van der Waals surface area (Å²) in [6, 6.07) is 3.25. The van der Waals surface area contributed by atoms with Crippen molar-refractivity contribution >= 4 is 17.2 Å². The van der Waals surface area contributed by atoms with Crippen LogP contribution in [0, 0.1) is 5.82 Å². The van der Waals surface area contributed by atoms with Crippen LogP contribution in [0.2, 0.25) is 0 Å². The number of hydrogen-bond acceptors (Lipinski definition) is 9. The summed E-state index contributed by atoms with van der Waals surface area (Å²) in [7, 11) is 2.13. The summed E-state index contributed by atoms with van der Waals surface area (Å²) in [4.78, 5) is 25.9. The number of piperazine rings is 1. The molecule has 40 heavy (non-hydrogen) atoms. The molecule has 0 bridgehead atoms.